The molecular weight excluding hydrogens is 162 g/mol. The van der Waals surface area contributed by atoms with Gasteiger partial charge in [-0.15, -0.1) is 0 Å². The van der Waals surface area contributed by atoms with Gasteiger partial charge in [-0.05, 0) is 43.0 Å². The van der Waals surface area contributed by atoms with Crippen molar-refractivity contribution in [3.63, 3.8) is 0 Å². The maximum absolute atomic E-state index is 5.96. The van der Waals surface area contributed by atoms with E-state index in [4.69, 9.17) is 10.5 Å². The molecule has 0 saturated carbocycles. The van der Waals surface area contributed by atoms with Gasteiger partial charge in [-0.1, -0.05) is 6.07 Å². The zero-order valence-corrected chi connectivity index (χ0v) is 7.92. The molecule has 0 heterocycles. The average molecular weight is 177 g/mol. The lowest BCUT2D eigenvalue weighted by atomic mass is 10.1. The molecule has 0 fully saturated rings. The Morgan fingerprint density at radius 1 is 1.54 bits per heavy atom. The Morgan fingerprint density at radius 3 is 3.15 bits per heavy atom. The van der Waals surface area contributed by atoms with E-state index >= 15 is 0 Å². The maximum atomic E-state index is 5.96. The topological polar surface area (TPSA) is 35.2 Å². The van der Waals surface area contributed by atoms with Crippen LogP contribution in [0.3, 0.4) is 0 Å². The highest BCUT2D eigenvalue weighted by Gasteiger charge is 2.18. The monoisotopic (exact) mass is 177 g/mol. The van der Waals surface area contributed by atoms with E-state index in [9.17, 15) is 0 Å². The number of aryl methyl sites for hydroxylation is 1. The number of hydrogen-bond donors (Lipinski definition) is 1. The van der Waals surface area contributed by atoms with Crippen LogP contribution in [0.4, 0.5) is 0 Å². The second-order valence-corrected chi connectivity index (χ2v) is 3.44. The zero-order chi connectivity index (χ0) is 9.26. The van der Waals surface area contributed by atoms with Gasteiger partial charge >= 0.3 is 0 Å². The summed E-state index contributed by atoms with van der Waals surface area (Å²) >= 11 is 0. The molecule has 0 unspecified atom stereocenters. The van der Waals surface area contributed by atoms with Gasteiger partial charge < -0.3 is 10.5 Å². The molecule has 1 aromatic rings. The first-order valence-corrected chi connectivity index (χ1v) is 4.82. The average Bonchev–Trinajstić information content (AvgIpc) is 2.49. The quantitative estimate of drug-likeness (QED) is 0.750. The minimum Gasteiger partial charge on any atom is -0.494 e. The van der Waals surface area contributed by atoms with E-state index in [1.54, 1.807) is 0 Å². The largest absolute Gasteiger partial charge is 0.494 e. The lowest BCUT2D eigenvalue weighted by Crippen LogP contribution is -2.05. The molecule has 0 aromatic heterocycles. The molecule has 2 heteroatoms. The van der Waals surface area contributed by atoms with Gasteiger partial charge in [0, 0.05) is 6.04 Å². The van der Waals surface area contributed by atoms with Crippen molar-refractivity contribution >= 4 is 0 Å². The summed E-state index contributed by atoms with van der Waals surface area (Å²) in [5.74, 6) is 0.943. The molecule has 1 aliphatic carbocycles. The third kappa shape index (κ3) is 1.54. The molecular formula is C11H15NO. The Morgan fingerprint density at radius 2 is 2.38 bits per heavy atom. The third-order valence-electron chi connectivity index (χ3n) is 2.55. The molecule has 0 bridgehead atoms. The summed E-state index contributed by atoms with van der Waals surface area (Å²) in [6, 6.07) is 6.46. The minimum absolute atomic E-state index is 0.218. The number of hydrogen-bond acceptors (Lipinski definition) is 2. The van der Waals surface area contributed by atoms with Crippen LogP contribution in [0.1, 0.15) is 30.5 Å². The van der Waals surface area contributed by atoms with Crippen LogP contribution < -0.4 is 10.5 Å². The summed E-state index contributed by atoms with van der Waals surface area (Å²) in [7, 11) is 0. The van der Waals surface area contributed by atoms with E-state index in [0.29, 0.717) is 6.61 Å². The molecule has 0 saturated heterocycles. The van der Waals surface area contributed by atoms with E-state index in [-0.39, 0.29) is 6.04 Å². The first-order valence-electron chi connectivity index (χ1n) is 4.82. The fourth-order valence-corrected chi connectivity index (χ4v) is 1.87. The Kier molecular flexibility index (Phi) is 2.23. The molecule has 1 aliphatic rings. The van der Waals surface area contributed by atoms with Gasteiger partial charge in [-0.25, -0.2) is 0 Å². The van der Waals surface area contributed by atoms with Crippen LogP contribution in [0.2, 0.25) is 0 Å². The van der Waals surface area contributed by atoms with E-state index < -0.39 is 0 Å². The SMILES string of the molecule is CCOc1ccc2c(c1)[C@@H](N)CC2. The van der Waals surface area contributed by atoms with Crippen LogP contribution >= 0.6 is 0 Å². The first-order chi connectivity index (χ1) is 6.31. The first kappa shape index (κ1) is 8.57. The Bertz CT molecular complexity index is 309. The number of ether oxygens (including phenoxy) is 1. The highest BCUT2D eigenvalue weighted by Crippen LogP contribution is 2.31. The highest BCUT2D eigenvalue weighted by atomic mass is 16.5. The van der Waals surface area contributed by atoms with Gasteiger partial charge in [0.25, 0.3) is 0 Å². The third-order valence-corrected chi connectivity index (χ3v) is 2.55. The molecule has 70 valence electrons. The summed E-state index contributed by atoms with van der Waals surface area (Å²) in [5.41, 5.74) is 8.61. The Labute approximate surface area is 78.7 Å². The van der Waals surface area contributed by atoms with Crippen LogP contribution in [0.25, 0.3) is 0 Å². The van der Waals surface area contributed by atoms with Gasteiger partial charge in [-0.3, -0.25) is 0 Å². The molecule has 2 nitrogen and oxygen atoms in total. The van der Waals surface area contributed by atoms with Crippen LogP contribution in [0.15, 0.2) is 18.2 Å². The fourth-order valence-electron chi connectivity index (χ4n) is 1.87. The van der Waals surface area contributed by atoms with Crippen molar-refractivity contribution in [3.8, 4) is 5.75 Å². The standard InChI is InChI=1S/C11H15NO/c1-2-13-9-5-3-8-4-6-11(12)10(8)7-9/h3,5,7,11H,2,4,6,12H2,1H3/t11-/m0/s1. The lowest BCUT2D eigenvalue weighted by molar-refractivity contribution is 0.339. The van der Waals surface area contributed by atoms with Crippen LogP contribution in [0, 0.1) is 0 Å². The van der Waals surface area contributed by atoms with Crippen molar-refractivity contribution in [1.82, 2.24) is 0 Å². The fraction of sp³-hybridized carbons (Fsp3) is 0.455. The predicted octanol–water partition coefficient (Wildman–Crippen LogP) is 2.03. The van der Waals surface area contributed by atoms with E-state index in [0.717, 1.165) is 18.6 Å². The molecule has 0 amide bonds. The Hall–Kier alpha value is -1.02. The van der Waals surface area contributed by atoms with Gasteiger partial charge in [0.15, 0.2) is 0 Å². The summed E-state index contributed by atoms with van der Waals surface area (Å²) < 4.78 is 5.42. The summed E-state index contributed by atoms with van der Waals surface area (Å²) in [4.78, 5) is 0. The van der Waals surface area contributed by atoms with E-state index in [1.165, 1.54) is 11.1 Å². The smallest absolute Gasteiger partial charge is 0.119 e. The Balaban J connectivity index is 2.31. The van der Waals surface area contributed by atoms with Crippen LogP contribution in [-0.2, 0) is 6.42 Å². The number of benzene rings is 1. The molecule has 1 atom stereocenters. The normalized spacial score (nSPS) is 20.0. The summed E-state index contributed by atoms with van der Waals surface area (Å²) in [6.45, 7) is 2.71. The van der Waals surface area contributed by atoms with Gasteiger partial charge in [-0.2, -0.15) is 0 Å². The number of fused-ring (bicyclic) bond motifs is 1. The molecule has 1 aromatic carbocycles. The highest BCUT2D eigenvalue weighted by molar-refractivity contribution is 5.40. The van der Waals surface area contributed by atoms with E-state index in [1.807, 2.05) is 13.0 Å². The van der Waals surface area contributed by atoms with Gasteiger partial charge in [0.05, 0.1) is 6.61 Å². The predicted molar refractivity (Wildman–Crippen MR) is 52.9 cm³/mol. The van der Waals surface area contributed by atoms with E-state index in [2.05, 4.69) is 12.1 Å². The zero-order valence-electron chi connectivity index (χ0n) is 7.92. The van der Waals surface area contributed by atoms with Gasteiger partial charge in [0.2, 0.25) is 0 Å². The summed E-state index contributed by atoms with van der Waals surface area (Å²) in [5, 5.41) is 0. The molecule has 2 N–H and O–H groups in total. The van der Waals surface area contributed by atoms with Crippen molar-refractivity contribution in [1.29, 1.82) is 0 Å². The van der Waals surface area contributed by atoms with Crippen molar-refractivity contribution in [2.24, 2.45) is 5.73 Å². The number of nitrogens with two attached hydrogens (primary N) is 1. The summed E-state index contributed by atoms with van der Waals surface area (Å²) in [6.07, 6.45) is 2.19. The molecule has 13 heavy (non-hydrogen) atoms. The van der Waals surface area contributed by atoms with Crippen molar-refractivity contribution in [2.75, 3.05) is 6.61 Å². The maximum Gasteiger partial charge on any atom is 0.119 e. The minimum atomic E-state index is 0.218. The molecule has 0 spiro atoms. The second kappa shape index (κ2) is 3.38. The van der Waals surface area contributed by atoms with Crippen molar-refractivity contribution < 1.29 is 4.74 Å². The lowest BCUT2D eigenvalue weighted by Gasteiger charge is -2.08. The molecule has 0 aliphatic heterocycles. The van der Waals surface area contributed by atoms with Crippen LogP contribution in [-0.4, -0.2) is 6.61 Å². The van der Waals surface area contributed by atoms with Crippen molar-refractivity contribution in [3.05, 3.63) is 29.3 Å². The van der Waals surface area contributed by atoms with Crippen molar-refractivity contribution in [2.45, 2.75) is 25.8 Å². The molecule has 2 rings (SSSR count). The van der Waals surface area contributed by atoms with Gasteiger partial charge in [0.1, 0.15) is 5.75 Å². The van der Waals surface area contributed by atoms with Crippen LogP contribution in [0.5, 0.6) is 5.75 Å². The second-order valence-electron chi connectivity index (χ2n) is 3.44. The number of rotatable bonds is 2. The molecule has 0 radical (unpaired) electrons.